The Labute approximate surface area is 231 Å². The number of benzene rings is 1. The molecule has 39 heavy (non-hydrogen) atoms. The fourth-order valence-corrected chi connectivity index (χ4v) is 6.21. The molecule has 4 heterocycles. The van der Waals surface area contributed by atoms with Crippen LogP contribution in [0.3, 0.4) is 0 Å². The van der Waals surface area contributed by atoms with Gasteiger partial charge in [0.15, 0.2) is 0 Å². The first-order chi connectivity index (χ1) is 18.8. The van der Waals surface area contributed by atoms with Crippen LogP contribution in [0.1, 0.15) is 44.2 Å². The van der Waals surface area contributed by atoms with Crippen molar-refractivity contribution in [2.75, 3.05) is 58.4 Å². The van der Waals surface area contributed by atoms with Crippen LogP contribution in [0.2, 0.25) is 0 Å². The van der Waals surface area contributed by atoms with Gasteiger partial charge in [-0.3, -0.25) is 0 Å². The van der Waals surface area contributed by atoms with Crippen molar-refractivity contribution in [1.82, 2.24) is 15.0 Å². The molecule has 1 aromatic carbocycles. The maximum absolute atomic E-state index is 13.7. The van der Waals surface area contributed by atoms with Gasteiger partial charge in [-0.25, -0.2) is 23.7 Å². The standard InChI is InChI=1S/C28H35F2N7OS/c1-19-14-20(17-24(33-19)37-10-6-28(29,30)7-11-37)34-26-25-22(31-18-32-26)15-21(35-39-13-12-38)16-23(25)36-8-4-27(2-3-27)5-9-36/h14-18,35,38H,2-13H2,1H3,(H,31,32,33,34). The van der Waals surface area contributed by atoms with Gasteiger partial charge in [0.25, 0.3) is 5.92 Å². The van der Waals surface area contributed by atoms with E-state index < -0.39 is 5.92 Å². The van der Waals surface area contributed by atoms with Crippen molar-refractivity contribution >= 4 is 51.5 Å². The number of hydrogen-bond donors (Lipinski definition) is 3. The zero-order chi connectivity index (χ0) is 27.0. The number of nitrogens with zero attached hydrogens (tertiary/aromatic N) is 5. The van der Waals surface area contributed by atoms with E-state index in [0.29, 0.717) is 22.8 Å². The summed E-state index contributed by atoms with van der Waals surface area (Å²) in [5.41, 5.74) is 5.04. The van der Waals surface area contributed by atoms with E-state index in [9.17, 15) is 13.9 Å². The minimum absolute atomic E-state index is 0.107. The highest BCUT2D eigenvalue weighted by Crippen LogP contribution is 2.54. The number of hydrogen-bond acceptors (Lipinski definition) is 9. The van der Waals surface area contributed by atoms with Gasteiger partial charge in [0.1, 0.15) is 18.0 Å². The Kier molecular flexibility index (Phi) is 7.13. The largest absolute Gasteiger partial charge is 0.395 e. The van der Waals surface area contributed by atoms with Gasteiger partial charge < -0.3 is 24.9 Å². The third-order valence-corrected chi connectivity index (χ3v) is 9.01. The molecule has 11 heteroatoms. The molecule has 2 aliphatic heterocycles. The van der Waals surface area contributed by atoms with Crippen molar-refractivity contribution in [3.63, 3.8) is 0 Å². The fourth-order valence-electron chi connectivity index (χ4n) is 5.74. The Hall–Kier alpha value is -2.92. The monoisotopic (exact) mass is 555 g/mol. The van der Waals surface area contributed by atoms with Crippen molar-refractivity contribution in [3.8, 4) is 0 Å². The molecule has 3 aromatic rings. The van der Waals surface area contributed by atoms with E-state index in [4.69, 9.17) is 0 Å². The lowest BCUT2D eigenvalue weighted by Gasteiger charge is -2.35. The van der Waals surface area contributed by atoms with Gasteiger partial charge in [-0.15, -0.1) is 0 Å². The number of aryl methyl sites for hydroxylation is 1. The minimum atomic E-state index is -2.60. The molecule has 2 aromatic heterocycles. The highest BCUT2D eigenvalue weighted by molar-refractivity contribution is 8.00. The van der Waals surface area contributed by atoms with Gasteiger partial charge in [0, 0.05) is 67.9 Å². The summed E-state index contributed by atoms with van der Waals surface area (Å²) < 4.78 is 30.8. The Morgan fingerprint density at radius 1 is 0.923 bits per heavy atom. The number of aliphatic hydroxyl groups is 1. The van der Waals surface area contributed by atoms with Crippen LogP contribution in [0.25, 0.3) is 10.9 Å². The van der Waals surface area contributed by atoms with Crippen LogP contribution in [-0.2, 0) is 0 Å². The SMILES string of the molecule is Cc1cc(Nc2ncnc3cc(NSCCO)cc(N4CCC5(CC4)CC5)c23)cc(N2CCC(F)(F)CC2)n1. The summed E-state index contributed by atoms with van der Waals surface area (Å²) in [5.74, 6) is -0.604. The van der Waals surface area contributed by atoms with Crippen LogP contribution in [0.4, 0.5) is 37.5 Å². The number of piperidine rings is 2. The average Bonchev–Trinajstić information content (AvgIpc) is 3.67. The lowest BCUT2D eigenvalue weighted by molar-refractivity contribution is -0.0221. The van der Waals surface area contributed by atoms with Crippen LogP contribution in [-0.4, -0.2) is 64.5 Å². The summed E-state index contributed by atoms with van der Waals surface area (Å²) in [5, 5.41) is 13.7. The number of halogens is 2. The quantitative estimate of drug-likeness (QED) is 0.238. The average molecular weight is 556 g/mol. The van der Waals surface area contributed by atoms with Gasteiger partial charge in [-0.05, 0) is 56.2 Å². The van der Waals surface area contributed by atoms with E-state index in [-0.39, 0.29) is 32.5 Å². The molecule has 1 saturated carbocycles. The van der Waals surface area contributed by atoms with Crippen molar-refractivity contribution < 1.29 is 13.9 Å². The fraction of sp³-hybridized carbons (Fsp3) is 0.536. The lowest BCUT2D eigenvalue weighted by atomic mass is 9.93. The molecule has 3 aliphatic rings. The van der Waals surface area contributed by atoms with E-state index in [1.54, 1.807) is 6.33 Å². The van der Waals surface area contributed by atoms with Crippen LogP contribution in [0.5, 0.6) is 0 Å². The molecule has 0 bridgehead atoms. The predicted octanol–water partition coefficient (Wildman–Crippen LogP) is 5.75. The molecule has 3 fully saturated rings. The topological polar surface area (TPSA) is 89.4 Å². The smallest absolute Gasteiger partial charge is 0.251 e. The van der Waals surface area contributed by atoms with E-state index in [1.807, 2.05) is 30.0 Å². The summed E-state index contributed by atoms with van der Waals surface area (Å²) >= 11 is 1.47. The second-order valence-corrected chi connectivity index (χ2v) is 12.0. The molecular weight excluding hydrogens is 520 g/mol. The number of aliphatic hydroxyl groups excluding tert-OH is 1. The predicted molar refractivity (Wildman–Crippen MR) is 154 cm³/mol. The van der Waals surface area contributed by atoms with Gasteiger partial charge in [-0.1, -0.05) is 11.9 Å². The summed E-state index contributed by atoms with van der Waals surface area (Å²) in [7, 11) is 0. The van der Waals surface area contributed by atoms with Crippen LogP contribution < -0.4 is 19.8 Å². The number of alkyl halides is 2. The van der Waals surface area contributed by atoms with Gasteiger partial charge in [-0.2, -0.15) is 0 Å². The molecule has 1 spiro atoms. The Balaban J connectivity index is 1.33. The number of anilines is 5. The number of nitrogens with one attached hydrogen (secondary N) is 2. The first kappa shape index (κ1) is 26.3. The Bertz CT molecular complexity index is 1330. The molecular formula is C28H35F2N7OS. The van der Waals surface area contributed by atoms with E-state index in [2.05, 4.69) is 36.0 Å². The molecule has 0 atom stereocenters. The zero-order valence-electron chi connectivity index (χ0n) is 22.2. The molecule has 0 radical (unpaired) electrons. The van der Waals surface area contributed by atoms with Crippen molar-refractivity contribution in [1.29, 1.82) is 0 Å². The molecule has 1 aliphatic carbocycles. The molecule has 2 saturated heterocycles. The van der Waals surface area contributed by atoms with E-state index in [0.717, 1.165) is 46.7 Å². The number of pyridine rings is 1. The third kappa shape index (κ3) is 5.84. The van der Waals surface area contributed by atoms with Crippen LogP contribution in [0.15, 0.2) is 30.6 Å². The highest BCUT2D eigenvalue weighted by Gasteiger charge is 2.44. The number of rotatable bonds is 8. The summed E-state index contributed by atoms with van der Waals surface area (Å²) in [6.07, 6.45) is 6.33. The first-order valence-electron chi connectivity index (χ1n) is 13.7. The molecule has 208 valence electrons. The Morgan fingerprint density at radius 2 is 1.67 bits per heavy atom. The minimum Gasteiger partial charge on any atom is -0.395 e. The molecule has 8 nitrogen and oxygen atoms in total. The third-order valence-electron chi connectivity index (χ3n) is 8.24. The molecule has 0 amide bonds. The van der Waals surface area contributed by atoms with Gasteiger partial charge in [0.05, 0.1) is 23.2 Å². The van der Waals surface area contributed by atoms with Gasteiger partial charge in [0.2, 0.25) is 0 Å². The maximum Gasteiger partial charge on any atom is 0.251 e. The Morgan fingerprint density at radius 3 is 2.38 bits per heavy atom. The summed E-state index contributed by atoms with van der Waals surface area (Å²) in [4.78, 5) is 18.3. The van der Waals surface area contributed by atoms with Crippen LogP contribution >= 0.6 is 11.9 Å². The van der Waals surface area contributed by atoms with Gasteiger partial charge >= 0.3 is 0 Å². The summed E-state index contributed by atoms with van der Waals surface area (Å²) in [6, 6.07) is 8.04. The maximum atomic E-state index is 13.7. The summed E-state index contributed by atoms with van der Waals surface area (Å²) in [6.45, 7) is 4.58. The lowest BCUT2D eigenvalue weighted by Crippen LogP contribution is -2.39. The highest BCUT2D eigenvalue weighted by atomic mass is 32.2. The molecule has 6 rings (SSSR count). The first-order valence-corrected chi connectivity index (χ1v) is 14.7. The van der Waals surface area contributed by atoms with E-state index >= 15 is 0 Å². The normalized spacial score (nSPS) is 19.9. The molecule has 0 unspecified atom stereocenters. The molecule has 3 N–H and O–H groups in total. The second-order valence-electron chi connectivity index (χ2n) is 11.1. The second kappa shape index (κ2) is 10.6. The van der Waals surface area contributed by atoms with E-state index in [1.165, 1.54) is 37.6 Å². The van der Waals surface area contributed by atoms with Crippen molar-refractivity contribution in [3.05, 3.63) is 36.3 Å². The zero-order valence-corrected chi connectivity index (χ0v) is 23.0. The number of aromatic nitrogens is 3. The van der Waals surface area contributed by atoms with Crippen molar-refractivity contribution in [2.45, 2.75) is 51.4 Å². The van der Waals surface area contributed by atoms with Crippen molar-refractivity contribution in [2.24, 2.45) is 5.41 Å². The number of fused-ring (bicyclic) bond motifs is 1. The van der Waals surface area contributed by atoms with Crippen LogP contribution in [0, 0.1) is 12.3 Å².